The Balaban J connectivity index is 1.35. The molecule has 0 aromatic heterocycles. The smallest absolute Gasteiger partial charge is 0.264 e. The number of rotatable bonds is 4. The van der Waals surface area contributed by atoms with Gasteiger partial charge in [-0.25, -0.2) is 0 Å². The van der Waals surface area contributed by atoms with Gasteiger partial charge >= 0.3 is 0 Å². The highest BCUT2D eigenvalue weighted by molar-refractivity contribution is 6.24. The number of hydrogen-bond acceptors (Lipinski definition) is 5. The van der Waals surface area contributed by atoms with E-state index in [2.05, 4.69) is 17.0 Å². The van der Waals surface area contributed by atoms with Crippen molar-refractivity contribution in [1.82, 2.24) is 14.7 Å². The van der Waals surface area contributed by atoms with Crippen molar-refractivity contribution in [2.75, 3.05) is 38.5 Å². The molecular weight excluding hydrogens is 356 g/mol. The number of nitrogens with two attached hydrogens (primary N) is 1. The van der Waals surface area contributed by atoms with Gasteiger partial charge in [-0.1, -0.05) is 36.4 Å². The quantitative estimate of drug-likeness (QED) is 0.638. The van der Waals surface area contributed by atoms with Crippen molar-refractivity contribution in [2.45, 2.75) is 6.54 Å². The summed E-state index contributed by atoms with van der Waals surface area (Å²) in [7, 11) is 0. The van der Waals surface area contributed by atoms with Gasteiger partial charge in [-0.15, -0.1) is 0 Å². The second-order valence-electron chi connectivity index (χ2n) is 7.11. The molecule has 0 spiro atoms. The minimum atomic E-state index is -0.492. The van der Waals surface area contributed by atoms with Gasteiger partial charge in [0.25, 0.3) is 11.8 Å². The molecule has 0 bridgehead atoms. The van der Waals surface area contributed by atoms with Crippen molar-refractivity contribution in [1.29, 1.82) is 0 Å². The van der Waals surface area contributed by atoms with Crippen LogP contribution >= 0.6 is 0 Å². The summed E-state index contributed by atoms with van der Waals surface area (Å²) in [5, 5.41) is 0. The first kappa shape index (κ1) is 18.2. The standard InChI is InChI=1S/C21H22N4O3/c22-17-8-4-7-16-19(17)21(28)25(20(16)27)14-18(26)24-11-9-23(10-12-24)13-15-5-2-1-3-6-15/h1-8H,9-14,22H2. The highest BCUT2D eigenvalue weighted by Crippen LogP contribution is 2.27. The highest BCUT2D eigenvalue weighted by atomic mass is 16.2. The minimum Gasteiger partial charge on any atom is -0.398 e. The highest BCUT2D eigenvalue weighted by Gasteiger charge is 2.38. The number of piperazine rings is 1. The Kier molecular flexibility index (Phi) is 4.83. The van der Waals surface area contributed by atoms with E-state index in [9.17, 15) is 14.4 Å². The molecule has 0 atom stereocenters. The SMILES string of the molecule is Nc1cccc2c1C(=O)N(CC(=O)N1CCN(Cc3ccccc3)CC1)C2=O. The lowest BCUT2D eigenvalue weighted by Gasteiger charge is -2.35. The van der Waals surface area contributed by atoms with Crippen LogP contribution in [0.5, 0.6) is 0 Å². The van der Waals surface area contributed by atoms with Crippen molar-refractivity contribution in [3.63, 3.8) is 0 Å². The Bertz CT molecular complexity index is 921. The summed E-state index contributed by atoms with van der Waals surface area (Å²) in [6.07, 6.45) is 0. The maximum atomic E-state index is 12.7. The van der Waals surface area contributed by atoms with Gasteiger partial charge in [0.1, 0.15) is 6.54 Å². The van der Waals surface area contributed by atoms with Gasteiger partial charge in [-0.2, -0.15) is 0 Å². The number of benzene rings is 2. The normalized spacial score (nSPS) is 17.1. The van der Waals surface area contributed by atoms with Crippen LogP contribution in [0.3, 0.4) is 0 Å². The lowest BCUT2D eigenvalue weighted by atomic mass is 10.1. The Morgan fingerprint density at radius 2 is 1.61 bits per heavy atom. The molecule has 7 nitrogen and oxygen atoms in total. The molecular formula is C21H22N4O3. The fraction of sp³-hybridized carbons (Fsp3) is 0.286. The first-order chi connectivity index (χ1) is 13.5. The molecule has 144 valence electrons. The monoisotopic (exact) mass is 378 g/mol. The Morgan fingerprint density at radius 1 is 0.893 bits per heavy atom. The molecule has 3 amide bonds. The Hall–Kier alpha value is -3.19. The number of nitrogens with zero attached hydrogens (tertiary/aromatic N) is 3. The maximum Gasteiger partial charge on any atom is 0.264 e. The predicted octanol–water partition coefficient (Wildman–Crippen LogP) is 1.21. The van der Waals surface area contributed by atoms with Crippen LogP contribution in [-0.4, -0.2) is 65.1 Å². The van der Waals surface area contributed by atoms with Gasteiger partial charge in [-0.05, 0) is 17.7 Å². The van der Waals surface area contributed by atoms with Crippen LogP contribution in [0.15, 0.2) is 48.5 Å². The van der Waals surface area contributed by atoms with E-state index >= 15 is 0 Å². The Labute approximate surface area is 163 Å². The molecule has 0 radical (unpaired) electrons. The number of carbonyl (C=O) groups excluding carboxylic acids is 3. The maximum absolute atomic E-state index is 12.7. The van der Waals surface area contributed by atoms with E-state index in [-0.39, 0.29) is 29.3 Å². The first-order valence-electron chi connectivity index (χ1n) is 9.33. The van der Waals surface area contributed by atoms with Crippen LogP contribution in [0.1, 0.15) is 26.3 Å². The van der Waals surface area contributed by atoms with E-state index in [1.54, 1.807) is 23.1 Å². The number of fused-ring (bicyclic) bond motifs is 1. The third-order valence-electron chi connectivity index (χ3n) is 5.30. The molecule has 2 aromatic carbocycles. The molecule has 0 unspecified atom stereocenters. The zero-order chi connectivity index (χ0) is 19.7. The lowest BCUT2D eigenvalue weighted by Crippen LogP contribution is -2.51. The molecule has 1 fully saturated rings. The van der Waals surface area contributed by atoms with Gasteiger partial charge in [0.05, 0.1) is 11.1 Å². The van der Waals surface area contributed by atoms with Gasteiger partial charge in [0.15, 0.2) is 0 Å². The van der Waals surface area contributed by atoms with E-state index in [0.717, 1.165) is 24.5 Å². The van der Waals surface area contributed by atoms with E-state index in [1.807, 2.05) is 18.2 Å². The number of hydrogen-bond donors (Lipinski definition) is 1. The van der Waals surface area contributed by atoms with Crippen molar-refractivity contribution in [2.24, 2.45) is 0 Å². The molecule has 28 heavy (non-hydrogen) atoms. The summed E-state index contributed by atoms with van der Waals surface area (Å²) in [5.41, 5.74) is 7.81. The van der Waals surface area contributed by atoms with Crippen LogP contribution in [0.4, 0.5) is 5.69 Å². The van der Waals surface area contributed by atoms with Crippen molar-refractivity contribution in [3.05, 3.63) is 65.2 Å². The summed E-state index contributed by atoms with van der Waals surface area (Å²) in [6, 6.07) is 15.0. The average Bonchev–Trinajstić information content (AvgIpc) is 2.95. The summed E-state index contributed by atoms with van der Waals surface area (Å²) in [5.74, 6) is -1.16. The van der Waals surface area contributed by atoms with Gasteiger partial charge < -0.3 is 10.6 Å². The van der Waals surface area contributed by atoms with Crippen molar-refractivity contribution >= 4 is 23.4 Å². The number of carbonyl (C=O) groups is 3. The van der Waals surface area contributed by atoms with Crippen molar-refractivity contribution < 1.29 is 14.4 Å². The summed E-state index contributed by atoms with van der Waals surface area (Å²) in [6.45, 7) is 3.28. The molecule has 2 aromatic rings. The van der Waals surface area contributed by atoms with E-state index in [0.29, 0.717) is 13.1 Å². The summed E-state index contributed by atoms with van der Waals surface area (Å²) in [4.78, 5) is 42.7. The number of nitrogen functional groups attached to an aromatic ring is 1. The Morgan fingerprint density at radius 3 is 2.29 bits per heavy atom. The first-order valence-corrected chi connectivity index (χ1v) is 9.33. The molecule has 2 aliphatic heterocycles. The van der Waals surface area contributed by atoms with Gasteiger partial charge in [-0.3, -0.25) is 24.2 Å². The summed E-state index contributed by atoms with van der Waals surface area (Å²) >= 11 is 0. The molecule has 7 heteroatoms. The second kappa shape index (κ2) is 7.44. The zero-order valence-corrected chi connectivity index (χ0v) is 15.5. The van der Waals surface area contributed by atoms with Gasteiger partial charge in [0.2, 0.25) is 5.91 Å². The van der Waals surface area contributed by atoms with E-state index in [1.165, 1.54) is 5.56 Å². The van der Waals surface area contributed by atoms with Gasteiger partial charge in [0, 0.05) is 38.4 Å². The average molecular weight is 378 g/mol. The minimum absolute atomic E-state index is 0.202. The molecule has 1 saturated heterocycles. The summed E-state index contributed by atoms with van der Waals surface area (Å²) < 4.78 is 0. The molecule has 2 heterocycles. The third-order valence-corrected chi connectivity index (χ3v) is 5.30. The topological polar surface area (TPSA) is 86.9 Å². The van der Waals surface area contributed by atoms with Crippen LogP contribution in [0, 0.1) is 0 Å². The zero-order valence-electron chi connectivity index (χ0n) is 15.5. The molecule has 0 saturated carbocycles. The fourth-order valence-electron chi connectivity index (χ4n) is 3.74. The van der Waals surface area contributed by atoms with Crippen LogP contribution in [-0.2, 0) is 11.3 Å². The fourth-order valence-corrected chi connectivity index (χ4v) is 3.74. The van der Waals surface area contributed by atoms with Crippen LogP contribution in [0.25, 0.3) is 0 Å². The lowest BCUT2D eigenvalue weighted by molar-refractivity contribution is -0.133. The van der Waals surface area contributed by atoms with E-state index in [4.69, 9.17) is 5.73 Å². The van der Waals surface area contributed by atoms with E-state index < -0.39 is 11.8 Å². The van der Waals surface area contributed by atoms with Crippen LogP contribution < -0.4 is 5.73 Å². The largest absolute Gasteiger partial charge is 0.398 e. The molecule has 0 aliphatic carbocycles. The molecule has 2 aliphatic rings. The third kappa shape index (κ3) is 3.36. The molecule has 4 rings (SSSR count). The number of amides is 3. The molecule has 2 N–H and O–H groups in total. The van der Waals surface area contributed by atoms with Crippen molar-refractivity contribution in [3.8, 4) is 0 Å². The van der Waals surface area contributed by atoms with Crippen LogP contribution in [0.2, 0.25) is 0 Å². The predicted molar refractivity (Wildman–Crippen MR) is 105 cm³/mol. The number of imide groups is 1. The number of anilines is 1. The second-order valence-corrected chi connectivity index (χ2v) is 7.11.